The normalized spacial score (nSPS) is 15.8. The van der Waals surface area contributed by atoms with Crippen LogP contribution >= 0.6 is 0 Å². The van der Waals surface area contributed by atoms with E-state index in [1.165, 1.54) is 6.33 Å². The van der Waals surface area contributed by atoms with Crippen LogP contribution in [0.4, 0.5) is 5.82 Å². The lowest BCUT2D eigenvalue weighted by Crippen LogP contribution is -2.28. The number of carbonyl (C=O) groups is 1. The number of aromatic nitrogens is 4. The van der Waals surface area contributed by atoms with E-state index in [9.17, 15) is 4.79 Å². The Labute approximate surface area is 216 Å². The van der Waals surface area contributed by atoms with E-state index in [0.29, 0.717) is 35.6 Å². The molecule has 5 rings (SSSR count). The van der Waals surface area contributed by atoms with Gasteiger partial charge in [-0.25, -0.2) is 14.6 Å². The quantitative estimate of drug-likeness (QED) is 0.365. The van der Waals surface area contributed by atoms with Gasteiger partial charge in [-0.3, -0.25) is 4.79 Å². The number of nitrogen functional groups attached to an aromatic ring is 1. The highest BCUT2D eigenvalue weighted by atomic mass is 16.5. The van der Waals surface area contributed by atoms with Gasteiger partial charge in [-0.15, -0.1) is 0 Å². The van der Waals surface area contributed by atoms with Crippen LogP contribution in [0, 0.1) is 0 Å². The summed E-state index contributed by atoms with van der Waals surface area (Å²) < 4.78 is 7.83. The Balaban J connectivity index is 1.38. The Morgan fingerprint density at radius 1 is 1.14 bits per heavy atom. The van der Waals surface area contributed by atoms with Gasteiger partial charge in [0.15, 0.2) is 5.65 Å². The van der Waals surface area contributed by atoms with Crippen LogP contribution < -0.4 is 10.5 Å². The summed E-state index contributed by atoms with van der Waals surface area (Å²) in [6.07, 6.45) is 5.83. The highest BCUT2D eigenvalue weighted by Crippen LogP contribution is 2.35. The zero-order valence-electron chi connectivity index (χ0n) is 21.1. The lowest BCUT2D eigenvalue weighted by Gasteiger charge is -2.15. The average molecular weight is 498 g/mol. The largest absolute Gasteiger partial charge is 0.457 e. The second-order valence-electron chi connectivity index (χ2n) is 9.17. The Hall–Kier alpha value is -4.24. The molecule has 1 unspecified atom stereocenters. The number of fused-ring (bicyclic) bond motifs is 1. The van der Waals surface area contributed by atoms with Crippen LogP contribution in [0.15, 0.2) is 73.1 Å². The highest BCUT2D eigenvalue weighted by Gasteiger charge is 2.30. The number of nitrogens with two attached hydrogens (primary N) is 1. The van der Waals surface area contributed by atoms with Gasteiger partial charge in [0.1, 0.15) is 29.3 Å². The second kappa shape index (κ2) is 10.8. The molecule has 4 aromatic rings. The van der Waals surface area contributed by atoms with Crippen molar-refractivity contribution in [3.05, 3.63) is 73.1 Å². The predicted molar refractivity (Wildman–Crippen MR) is 144 cm³/mol. The summed E-state index contributed by atoms with van der Waals surface area (Å²) in [5, 5.41) is 5.65. The Bertz CT molecular complexity index is 1400. The number of likely N-dealkylation sites (N-methyl/N-ethyl adjacent to an activating group) is 1. The Morgan fingerprint density at radius 2 is 1.89 bits per heavy atom. The molecule has 1 fully saturated rings. The van der Waals surface area contributed by atoms with Crippen molar-refractivity contribution in [1.29, 1.82) is 0 Å². The minimum absolute atomic E-state index is 0.00176. The molecule has 0 aliphatic carbocycles. The van der Waals surface area contributed by atoms with Crippen molar-refractivity contribution in [3.63, 3.8) is 0 Å². The van der Waals surface area contributed by atoms with Crippen molar-refractivity contribution in [3.8, 4) is 22.8 Å². The van der Waals surface area contributed by atoms with Crippen LogP contribution in [0.1, 0.15) is 19.4 Å². The lowest BCUT2D eigenvalue weighted by molar-refractivity contribution is -0.125. The summed E-state index contributed by atoms with van der Waals surface area (Å²) in [5.41, 5.74) is 8.57. The van der Waals surface area contributed by atoms with E-state index in [2.05, 4.69) is 21.8 Å². The topological polar surface area (TPSA) is 102 Å². The SMILES string of the molecule is CCN(C)C/C=C/C(=O)N1CCC(n2nc(-c3ccc(Oc4ccccc4)cc3)c3c(N)ncnc32)C1. The number of likely N-dealkylation sites (tertiary alicyclic amines) is 1. The molecular weight excluding hydrogens is 466 g/mol. The lowest BCUT2D eigenvalue weighted by atomic mass is 10.1. The number of hydrogen-bond acceptors (Lipinski definition) is 7. The van der Waals surface area contributed by atoms with E-state index in [0.717, 1.165) is 36.6 Å². The van der Waals surface area contributed by atoms with E-state index in [-0.39, 0.29) is 11.9 Å². The molecule has 2 N–H and O–H groups in total. The average Bonchev–Trinajstić information content (AvgIpc) is 3.56. The maximum absolute atomic E-state index is 12.7. The second-order valence-corrected chi connectivity index (χ2v) is 9.17. The molecule has 1 aliphatic heterocycles. The zero-order valence-corrected chi connectivity index (χ0v) is 21.1. The number of benzene rings is 2. The molecule has 0 spiro atoms. The van der Waals surface area contributed by atoms with Crippen LogP contribution in [0.3, 0.4) is 0 Å². The maximum atomic E-state index is 12.7. The van der Waals surface area contributed by atoms with E-state index < -0.39 is 0 Å². The Kier molecular flexibility index (Phi) is 7.14. The number of para-hydroxylation sites is 1. The van der Waals surface area contributed by atoms with Crippen molar-refractivity contribution in [2.45, 2.75) is 19.4 Å². The predicted octanol–water partition coefficient (Wildman–Crippen LogP) is 4.15. The summed E-state index contributed by atoms with van der Waals surface area (Å²) in [6, 6.07) is 17.4. The van der Waals surface area contributed by atoms with Crippen molar-refractivity contribution in [2.75, 3.05) is 39.0 Å². The van der Waals surface area contributed by atoms with Gasteiger partial charge in [0.2, 0.25) is 5.91 Å². The molecule has 1 atom stereocenters. The standard InChI is InChI=1S/C28H31N7O2/c1-3-33(2)16-7-10-24(36)34-17-15-21(18-34)35-28-25(27(29)30-19-31-28)26(32-35)20-11-13-23(14-12-20)37-22-8-5-4-6-9-22/h4-14,19,21H,3,15-18H2,1-2H3,(H2,29,30,31)/b10-7+. The number of amides is 1. The number of rotatable bonds is 8. The summed E-state index contributed by atoms with van der Waals surface area (Å²) in [4.78, 5) is 25.5. The third kappa shape index (κ3) is 5.31. The molecule has 2 aromatic heterocycles. The summed E-state index contributed by atoms with van der Waals surface area (Å²) in [7, 11) is 2.03. The van der Waals surface area contributed by atoms with Gasteiger partial charge in [0.25, 0.3) is 0 Å². The van der Waals surface area contributed by atoms with Gasteiger partial charge < -0.3 is 20.3 Å². The fraction of sp³-hybridized carbons (Fsp3) is 0.286. The summed E-state index contributed by atoms with van der Waals surface area (Å²) >= 11 is 0. The van der Waals surface area contributed by atoms with E-state index >= 15 is 0 Å². The van der Waals surface area contributed by atoms with Gasteiger partial charge in [-0.2, -0.15) is 5.10 Å². The molecule has 1 amide bonds. The highest BCUT2D eigenvalue weighted by molar-refractivity contribution is 5.98. The molecule has 37 heavy (non-hydrogen) atoms. The smallest absolute Gasteiger partial charge is 0.246 e. The zero-order chi connectivity index (χ0) is 25.8. The molecule has 190 valence electrons. The van der Waals surface area contributed by atoms with Crippen LogP contribution in [-0.4, -0.2) is 68.7 Å². The van der Waals surface area contributed by atoms with E-state index in [1.54, 1.807) is 6.08 Å². The fourth-order valence-electron chi connectivity index (χ4n) is 4.47. The third-order valence-corrected chi connectivity index (χ3v) is 6.66. The van der Waals surface area contributed by atoms with Crippen LogP contribution in [0.25, 0.3) is 22.3 Å². The molecule has 0 bridgehead atoms. The van der Waals surface area contributed by atoms with Crippen molar-refractivity contribution in [2.24, 2.45) is 0 Å². The molecular formula is C28H31N7O2. The van der Waals surface area contributed by atoms with Crippen LogP contribution in [0.2, 0.25) is 0 Å². The van der Waals surface area contributed by atoms with Crippen molar-refractivity contribution in [1.82, 2.24) is 29.5 Å². The minimum atomic E-state index is 0.00176. The molecule has 9 nitrogen and oxygen atoms in total. The molecule has 2 aromatic carbocycles. The first kappa shape index (κ1) is 24.5. The number of hydrogen-bond donors (Lipinski definition) is 1. The van der Waals surface area contributed by atoms with Gasteiger partial charge in [0, 0.05) is 31.3 Å². The fourth-order valence-corrected chi connectivity index (χ4v) is 4.47. The summed E-state index contributed by atoms with van der Waals surface area (Å²) in [5.74, 6) is 1.90. The van der Waals surface area contributed by atoms with E-state index in [4.69, 9.17) is 15.6 Å². The van der Waals surface area contributed by atoms with Gasteiger partial charge in [0.05, 0.1) is 11.4 Å². The summed E-state index contributed by atoms with van der Waals surface area (Å²) in [6.45, 7) is 5.01. The molecule has 1 saturated heterocycles. The number of ether oxygens (including phenoxy) is 1. The number of anilines is 1. The first-order valence-electron chi connectivity index (χ1n) is 12.5. The maximum Gasteiger partial charge on any atom is 0.246 e. The molecule has 9 heteroatoms. The van der Waals surface area contributed by atoms with Gasteiger partial charge in [-0.1, -0.05) is 31.2 Å². The molecule has 3 heterocycles. The third-order valence-electron chi connectivity index (χ3n) is 6.66. The first-order valence-corrected chi connectivity index (χ1v) is 12.5. The van der Waals surface area contributed by atoms with Gasteiger partial charge in [-0.05, 0) is 56.4 Å². The van der Waals surface area contributed by atoms with Gasteiger partial charge >= 0.3 is 0 Å². The number of carbonyl (C=O) groups excluding carboxylic acids is 1. The first-order chi connectivity index (χ1) is 18.0. The van der Waals surface area contributed by atoms with Crippen molar-refractivity contribution >= 4 is 22.8 Å². The van der Waals surface area contributed by atoms with E-state index in [1.807, 2.05) is 77.3 Å². The van der Waals surface area contributed by atoms with Crippen molar-refractivity contribution < 1.29 is 9.53 Å². The number of nitrogens with zero attached hydrogens (tertiary/aromatic N) is 6. The molecule has 0 saturated carbocycles. The monoisotopic (exact) mass is 497 g/mol. The molecule has 0 radical (unpaired) electrons. The van der Waals surface area contributed by atoms with Crippen LogP contribution in [-0.2, 0) is 4.79 Å². The Morgan fingerprint density at radius 3 is 2.65 bits per heavy atom. The minimum Gasteiger partial charge on any atom is -0.457 e. The molecule has 1 aliphatic rings. The van der Waals surface area contributed by atoms with Crippen LogP contribution in [0.5, 0.6) is 11.5 Å².